The number of hydrogen-bond donors (Lipinski definition) is 0. The second-order valence-electron chi connectivity index (χ2n) is 4.03. The highest BCUT2D eigenvalue weighted by Crippen LogP contribution is 2.37. The van der Waals surface area contributed by atoms with Crippen LogP contribution in [-0.2, 0) is 0 Å². The molecule has 0 unspecified atom stereocenters. The van der Waals surface area contributed by atoms with Crippen molar-refractivity contribution >= 4 is 33.0 Å². The van der Waals surface area contributed by atoms with Crippen LogP contribution in [0.5, 0.6) is 5.75 Å². The van der Waals surface area contributed by atoms with Crippen molar-refractivity contribution in [3.8, 4) is 23.1 Å². The standard InChI is InChI=1S/C14H8ClN3OS/c1-19-11-6-8(7-16)2-3-9(11)12-10-4-5-20-13(10)14(15)18-17-12/h2-6H,1H3. The molecule has 3 aromatic rings. The fourth-order valence-corrected chi connectivity index (χ4v) is 3.05. The maximum Gasteiger partial charge on any atom is 0.169 e. The van der Waals surface area contributed by atoms with E-state index < -0.39 is 0 Å². The van der Waals surface area contributed by atoms with Gasteiger partial charge in [-0.05, 0) is 29.6 Å². The number of hydrogen-bond acceptors (Lipinski definition) is 5. The Bertz CT molecular complexity index is 838. The molecule has 0 radical (unpaired) electrons. The van der Waals surface area contributed by atoms with E-state index in [1.807, 2.05) is 17.5 Å². The first-order chi connectivity index (χ1) is 9.74. The van der Waals surface area contributed by atoms with Crippen molar-refractivity contribution in [2.24, 2.45) is 0 Å². The molecular weight excluding hydrogens is 294 g/mol. The number of ether oxygens (including phenoxy) is 1. The fourth-order valence-electron chi connectivity index (χ4n) is 2.00. The number of thiophene rings is 1. The molecule has 0 atom stereocenters. The molecule has 0 aliphatic carbocycles. The van der Waals surface area contributed by atoms with Gasteiger partial charge in [0.25, 0.3) is 0 Å². The average Bonchev–Trinajstić information content (AvgIpc) is 2.97. The second-order valence-corrected chi connectivity index (χ2v) is 5.30. The highest BCUT2D eigenvalue weighted by molar-refractivity contribution is 7.17. The van der Waals surface area contributed by atoms with E-state index in [4.69, 9.17) is 21.6 Å². The number of nitrogens with zero attached hydrogens (tertiary/aromatic N) is 3. The van der Waals surface area contributed by atoms with Crippen LogP contribution < -0.4 is 4.74 Å². The van der Waals surface area contributed by atoms with Gasteiger partial charge in [-0.15, -0.1) is 21.5 Å². The highest BCUT2D eigenvalue weighted by Gasteiger charge is 2.15. The van der Waals surface area contributed by atoms with Crippen LogP contribution in [0.25, 0.3) is 21.3 Å². The number of aromatic nitrogens is 2. The van der Waals surface area contributed by atoms with Gasteiger partial charge < -0.3 is 4.74 Å². The maximum atomic E-state index is 8.94. The summed E-state index contributed by atoms with van der Waals surface area (Å²) in [7, 11) is 1.56. The van der Waals surface area contributed by atoms with Crippen LogP contribution in [0, 0.1) is 11.3 Å². The van der Waals surface area contributed by atoms with E-state index in [0.717, 1.165) is 15.6 Å². The Morgan fingerprint density at radius 2 is 2.15 bits per heavy atom. The lowest BCUT2D eigenvalue weighted by molar-refractivity contribution is 0.416. The molecule has 1 aromatic carbocycles. The van der Waals surface area contributed by atoms with Crippen molar-refractivity contribution in [3.05, 3.63) is 40.4 Å². The predicted octanol–water partition coefficient (Wildman–Crippen LogP) is 3.89. The molecule has 0 aliphatic rings. The van der Waals surface area contributed by atoms with E-state index in [1.165, 1.54) is 11.3 Å². The second kappa shape index (κ2) is 5.08. The molecule has 4 nitrogen and oxygen atoms in total. The molecule has 98 valence electrons. The van der Waals surface area contributed by atoms with Crippen molar-refractivity contribution in [1.82, 2.24) is 10.2 Å². The van der Waals surface area contributed by atoms with Gasteiger partial charge in [0, 0.05) is 10.9 Å². The van der Waals surface area contributed by atoms with Gasteiger partial charge in [-0.25, -0.2) is 0 Å². The summed E-state index contributed by atoms with van der Waals surface area (Å²) in [5.74, 6) is 0.591. The van der Waals surface area contributed by atoms with Gasteiger partial charge in [0.2, 0.25) is 0 Å². The minimum atomic E-state index is 0.395. The lowest BCUT2D eigenvalue weighted by Crippen LogP contribution is -1.94. The Morgan fingerprint density at radius 1 is 1.30 bits per heavy atom. The third-order valence-corrected chi connectivity index (χ3v) is 4.23. The molecule has 3 rings (SSSR count). The summed E-state index contributed by atoms with van der Waals surface area (Å²) in [5, 5.41) is 20.4. The fraction of sp³-hybridized carbons (Fsp3) is 0.0714. The summed E-state index contributed by atoms with van der Waals surface area (Å²) < 4.78 is 6.24. The topological polar surface area (TPSA) is 58.8 Å². The van der Waals surface area contributed by atoms with Crippen molar-refractivity contribution in [2.75, 3.05) is 7.11 Å². The zero-order valence-corrected chi connectivity index (χ0v) is 12.0. The van der Waals surface area contributed by atoms with E-state index in [9.17, 15) is 0 Å². The van der Waals surface area contributed by atoms with Crippen molar-refractivity contribution < 1.29 is 4.74 Å². The number of fused-ring (bicyclic) bond motifs is 1. The third-order valence-electron chi connectivity index (χ3n) is 2.93. The first-order valence-electron chi connectivity index (χ1n) is 5.72. The van der Waals surface area contributed by atoms with Crippen molar-refractivity contribution in [3.63, 3.8) is 0 Å². The van der Waals surface area contributed by atoms with Crippen LogP contribution in [-0.4, -0.2) is 17.3 Å². The van der Waals surface area contributed by atoms with Gasteiger partial charge in [0.05, 0.1) is 23.4 Å². The van der Waals surface area contributed by atoms with Crippen LogP contribution in [0.2, 0.25) is 5.15 Å². The lowest BCUT2D eigenvalue weighted by Gasteiger charge is -2.09. The molecule has 0 N–H and O–H groups in total. The monoisotopic (exact) mass is 301 g/mol. The lowest BCUT2D eigenvalue weighted by atomic mass is 10.1. The van der Waals surface area contributed by atoms with Crippen molar-refractivity contribution in [1.29, 1.82) is 5.26 Å². The number of rotatable bonds is 2. The molecule has 0 saturated carbocycles. The van der Waals surface area contributed by atoms with Gasteiger partial charge in [-0.2, -0.15) is 5.26 Å². The average molecular weight is 302 g/mol. The molecule has 0 spiro atoms. The van der Waals surface area contributed by atoms with Gasteiger partial charge in [-0.3, -0.25) is 0 Å². The van der Waals surface area contributed by atoms with Gasteiger partial charge in [-0.1, -0.05) is 11.6 Å². The Labute approximate surface area is 124 Å². The zero-order chi connectivity index (χ0) is 14.1. The molecule has 0 saturated heterocycles. The summed E-state index contributed by atoms with van der Waals surface area (Å²) in [4.78, 5) is 0. The SMILES string of the molecule is COc1cc(C#N)ccc1-c1nnc(Cl)c2sccc12. The van der Waals surface area contributed by atoms with E-state index in [1.54, 1.807) is 19.2 Å². The van der Waals surface area contributed by atoms with E-state index in [-0.39, 0.29) is 0 Å². The smallest absolute Gasteiger partial charge is 0.169 e. The first-order valence-corrected chi connectivity index (χ1v) is 6.98. The zero-order valence-electron chi connectivity index (χ0n) is 10.4. The normalized spacial score (nSPS) is 10.4. The summed E-state index contributed by atoms with van der Waals surface area (Å²) in [6.45, 7) is 0. The quantitative estimate of drug-likeness (QED) is 0.720. The summed E-state index contributed by atoms with van der Waals surface area (Å²) in [6.07, 6.45) is 0. The number of methoxy groups -OCH3 is 1. The molecule has 6 heteroatoms. The van der Waals surface area contributed by atoms with Crippen LogP contribution in [0.3, 0.4) is 0 Å². The van der Waals surface area contributed by atoms with Crippen LogP contribution in [0.1, 0.15) is 5.56 Å². The molecule has 0 aliphatic heterocycles. The summed E-state index contributed by atoms with van der Waals surface area (Å²) in [6, 6.07) is 9.26. The van der Waals surface area contributed by atoms with E-state index in [2.05, 4.69) is 16.3 Å². The Morgan fingerprint density at radius 3 is 2.90 bits per heavy atom. The third kappa shape index (κ3) is 1.99. The maximum absolute atomic E-state index is 8.94. The minimum absolute atomic E-state index is 0.395. The largest absolute Gasteiger partial charge is 0.496 e. The summed E-state index contributed by atoms with van der Waals surface area (Å²) in [5.41, 5.74) is 2.03. The molecule has 2 aromatic heterocycles. The molecule has 0 bridgehead atoms. The summed E-state index contributed by atoms with van der Waals surface area (Å²) >= 11 is 7.56. The molecule has 20 heavy (non-hydrogen) atoms. The molecular formula is C14H8ClN3OS. The number of halogens is 1. The van der Waals surface area contributed by atoms with E-state index in [0.29, 0.717) is 22.2 Å². The van der Waals surface area contributed by atoms with Gasteiger partial charge >= 0.3 is 0 Å². The van der Waals surface area contributed by atoms with Crippen LogP contribution in [0.4, 0.5) is 0 Å². The Kier molecular flexibility index (Phi) is 3.26. The molecule has 2 heterocycles. The number of benzene rings is 1. The first kappa shape index (κ1) is 12.9. The Balaban J connectivity index is 2.29. The Hall–Kier alpha value is -2.16. The van der Waals surface area contributed by atoms with Gasteiger partial charge in [0.1, 0.15) is 11.4 Å². The minimum Gasteiger partial charge on any atom is -0.496 e. The molecule has 0 amide bonds. The highest BCUT2D eigenvalue weighted by atomic mass is 35.5. The predicted molar refractivity (Wildman–Crippen MR) is 79.1 cm³/mol. The molecule has 0 fully saturated rings. The van der Waals surface area contributed by atoms with Crippen LogP contribution in [0.15, 0.2) is 29.6 Å². The van der Waals surface area contributed by atoms with Gasteiger partial charge in [0.15, 0.2) is 5.15 Å². The number of nitriles is 1. The van der Waals surface area contributed by atoms with E-state index >= 15 is 0 Å². The van der Waals surface area contributed by atoms with Crippen molar-refractivity contribution in [2.45, 2.75) is 0 Å². The van der Waals surface area contributed by atoms with Crippen LogP contribution >= 0.6 is 22.9 Å².